The Morgan fingerprint density at radius 2 is 1.59 bits per heavy atom. The molecule has 0 atom stereocenters. The Hall–Kier alpha value is -3.63. The molecular formula is C22H23N3O6S. The highest BCUT2D eigenvalue weighted by molar-refractivity contribution is 7.88. The fraction of sp³-hybridized carbons (Fsp3) is 0.182. The first-order valence-corrected chi connectivity index (χ1v) is 11.5. The van der Waals surface area contributed by atoms with Crippen molar-refractivity contribution in [3.05, 3.63) is 81.9 Å². The highest BCUT2D eigenvalue weighted by Gasteiger charge is 2.13. The van der Waals surface area contributed by atoms with Crippen LogP contribution in [0, 0.1) is 0 Å². The molecule has 3 rings (SSSR count). The second-order valence-electron chi connectivity index (χ2n) is 7.03. The molecule has 0 aliphatic rings. The van der Waals surface area contributed by atoms with E-state index in [1.165, 1.54) is 0 Å². The van der Waals surface area contributed by atoms with Crippen LogP contribution < -0.4 is 20.8 Å². The van der Waals surface area contributed by atoms with Crippen LogP contribution in [0.2, 0.25) is 0 Å². The third-order valence-corrected chi connectivity index (χ3v) is 5.27. The Bertz CT molecular complexity index is 1270. The number of anilines is 1. The number of rotatable bonds is 8. The summed E-state index contributed by atoms with van der Waals surface area (Å²) in [6.07, 6.45) is 0.994. The summed E-state index contributed by atoms with van der Waals surface area (Å²) in [6, 6.07) is 15.7. The van der Waals surface area contributed by atoms with E-state index in [4.69, 9.17) is 4.42 Å². The molecular weight excluding hydrogens is 434 g/mol. The van der Waals surface area contributed by atoms with E-state index in [-0.39, 0.29) is 30.5 Å². The lowest BCUT2D eigenvalue weighted by atomic mass is 10.0. The first-order chi connectivity index (χ1) is 15.2. The van der Waals surface area contributed by atoms with E-state index in [1.54, 1.807) is 19.2 Å². The van der Waals surface area contributed by atoms with E-state index in [0.29, 0.717) is 5.56 Å². The van der Waals surface area contributed by atoms with E-state index in [2.05, 4.69) is 15.4 Å². The number of aromatic hydroxyl groups is 1. The van der Waals surface area contributed by atoms with E-state index < -0.39 is 21.2 Å². The molecule has 9 nitrogen and oxygen atoms in total. The van der Waals surface area contributed by atoms with Gasteiger partial charge in [0.1, 0.15) is 5.76 Å². The quantitative estimate of drug-likeness (QED) is 0.406. The average molecular weight is 458 g/mol. The first kappa shape index (κ1) is 23.0. The number of carbonyl (C=O) groups excluding carboxylic acids is 1. The lowest BCUT2D eigenvalue weighted by Gasteiger charge is -2.10. The van der Waals surface area contributed by atoms with Crippen molar-refractivity contribution >= 4 is 21.6 Å². The summed E-state index contributed by atoms with van der Waals surface area (Å²) >= 11 is 0. The van der Waals surface area contributed by atoms with Crippen LogP contribution in [0.3, 0.4) is 0 Å². The Morgan fingerprint density at radius 3 is 2.16 bits per heavy atom. The van der Waals surface area contributed by atoms with Gasteiger partial charge in [0, 0.05) is 24.4 Å². The molecule has 0 aliphatic heterocycles. The molecule has 3 aromatic rings. The standard InChI is InChI=1S/C22H23N3O6S/c1-23-22(28)16-5-3-14(4-6-16)15-7-9-17(10-8-15)24-13-20-21(27)19(26)11-18(31-20)12-25-32(2,29)30/h3-11,24-25,27H,12-13H2,1-2H3,(H,23,28). The van der Waals surface area contributed by atoms with Gasteiger partial charge in [-0.25, -0.2) is 13.1 Å². The van der Waals surface area contributed by atoms with Crippen LogP contribution in [-0.2, 0) is 23.1 Å². The van der Waals surface area contributed by atoms with Crippen molar-refractivity contribution in [1.82, 2.24) is 10.0 Å². The van der Waals surface area contributed by atoms with Gasteiger partial charge >= 0.3 is 0 Å². The van der Waals surface area contributed by atoms with Crippen LogP contribution >= 0.6 is 0 Å². The number of carbonyl (C=O) groups is 1. The highest BCUT2D eigenvalue weighted by atomic mass is 32.2. The zero-order valence-corrected chi connectivity index (χ0v) is 18.3. The van der Waals surface area contributed by atoms with Gasteiger partial charge in [-0.2, -0.15) is 0 Å². The summed E-state index contributed by atoms with van der Waals surface area (Å²) in [4.78, 5) is 23.6. The Labute approximate surface area is 185 Å². The van der Waals surface area contributed by atoms with Crippen molar-refractivity contribution in [1.29, 1.82) is 0 Å². The first-order valence-electron chi connectivity index (χ1n) is 9.62. The summed E-state index contributed by atoms with van der Waals surface area (Å²) in [5, 5.41) is 15.6. The molecule has 0 saturated heterocycles. The van der Waals surface area contributed by atoms with Gasteiger partial charge < -0.3 is 20.2 Å². The Morgan fingerprint density at radius 1 is 1.00 bits per heavy atom. The van der Waals surface area contributed by atoms with Crippen LogP contribution in [0.4, 0.5) is 5.69 Å². The molecule has 1 amide bonds. The van der Waals surface area contributed by atoms with Gasteiger partial charge in [-0.1, -0.05) is 24.3 Å². The molecule has 0 bridgehead atoms. The van der Waals surface area contributed by atoms with Gasteiger partial charge in [0.15, 0.2) is 5.76 Å². The predicted octanol–water partition coefficient (Wildman–Crippen LogP) is 2.03. The molecule has 1 heterocycles. The largest absolute Gasteiger partial charge is 0.502 e. The topological polar surface area (TPSA) is 138 Å². The van der Waals surface area contributed by atoms with Gasteiger partial charge in [0.2, 0.25) is 21.2 Å². The van der Waals surface area contributed by atoms with Crippen LogP contribution in [0.5, 0.6) is 5.75 Å². The summed E-state index contributed by atoms with van der Waals surface area (Å²) in [5.74, 6) is -0.599. The minimum atomic E-state index is -3.46. The molecule has 4 N–H and O–H groups in total. The van der Waals surface area contributed by atoms with Crippen molar-refractivity contribution in [3.63, 3.8) is 0 Å². The molecule has 0 fully saturated rings. The fourth-order valence-electron chi connectivity index (χ4n) is 2.92. The number of hydrogen-bond acceptors (Lipinski definition) is 7. The number of amides is 1. The van der Waals surface area contributed by atoms with Crippen LogP contribution in [0.1, 0.15) is 21.9 Å². The summed E-state index contributed by atoms with van der Waals surface area (Å²) < 4.78 is 30.2. The van der Waals surface area contributed by atoms with Gasteiger partial charge in [0.25, 0.3) is 5.91 Å². The second-order valence-corrected chi connectivity index (χ2v) is 8.86. The number of hydrogen-bond donors (Lipinski definition) is 4. The monoisotopic (exact) mass is 457 g/mol. The average Bonchev–Trinajstić information content (AvgIpc) is 2.78. The normalized spacial score (nSPS) is 11.2. The van der Waals surface area contributed by atoms with Gasteiger partial charge in [-0.15, -0.1) is 0 Å². The fourth-order valence-corrected chi connectivity index (χ4v) is 3.32. The van der Waals surface area contributed by atoms with Crippen molar-refractivity contribution in [2.45, 2.75) is 13.1 Å². The van der Waals surface area contributed by atoms with Crippen LogP contribution in [0.25, 0.3) is 11.1 Å². The second kappa shape index (κ2) is 9.67. The predicted molar refractivity (Wildman–Crippen MR) is 121 cm³/mol. The molecule has 2 aromatic carbocycles. The van der Waals surface area contributed by atoms with Crippen LogP contribution in [0.15, 0.2) is 63.8 Å². The number of sulfonamides is 1. The molecule has 32 heavy (non-hydrogen) atoms. The van der Waals surface area contributed by atoms with E-state index in [1.807, 2.05) is 36.4 Å². The maximum absolute atomic E-state index is 11.9. The van der Waals surface area contributed by atoms with E-state index in [0.717, 1.165) is 29.1 Å². The summed E-state index contributed by atoms with van der Waals surface area (Å²) in [5.41, 5.74) is 2.53. The van der Waals surface area contributed by atoms with Crippen molar-refractivity contribution in [2.24, 2.45) is 0 Å². The van der Waals surface area contributed by atoms with Gasteiger partial charge in [-0.3, -0.25) is 9.59 Å². The maximum Gasteiger partial charge on any atom is 0.251 e. The zero-order valence-electron chi connectivity index (χ0n) is 17.5. The molecule has 0 unspecified atom stereocenters. The van der Waals surface area contributed by atoms with Crippen molar-refractivity contribution in [2.75, 3.05) is 18.6 Å². The molecule has 0 aliphatic carbocycles. The highest BCUT2D eigenvalue weighted by Crippen LogP contribution is 2.23. The molecule has 168 valence electrons. The lowest BCUT2D eigenvalue weighted by Crippen LogP contribution is -2.22. The molecule has 1 aromatic heterocycles. The summed E-state index contributed by atoms with van der Waals surface area (Å²) in [7, 11) is -1.88. The van der Waals surface area contributed by atoms with Crippen molar-refractivity contribution in [3.8, 4) is 16.9 Å². The third-order valence-electron chi connectivity index (χ3n) is 4.60. The smallest absolute Gasteiger partial charge is 0.251 e. The molecule has 0 saturated carbocycles. The third kappa shape index (κ3) is 5.96. The molecule has 0 radical (unpaired) electrons. The van der Waals surface area contributed by atoms with E-state index >= 15 is 0 Å². The number of nitrogens with one attached hydrogen (secondary N) is 3. The van der Waals surface area contributed by atoms with E-state index in [9.17, 15) is 23.1 Å². The van der Waals surface area contributed by atoms with Gasteiger partial charge in [0.05, 0.1) is 19.3 Å². The minimum Gasteiger partial charge on any atom is -0.502 e. The summed E-state index contributed by atoms with van der Waals surface area (Å²) in [6.45, 7) is -0.178. The van der Waals surface area contributed by atoms with Crippen LogP contribution in [-0.4, -0.2) is 32.7 Å². The maximum atomic E-state index is 11.9. The SMILES string of the molecule is CNC(=O)c1ccc(-c2ccc(NCc3oc(CNS(C)(=O)=O)cc(=O)c3O)cc2)cc1. The molecule has 10 heteroatoms. The minimum absolute atomic E-state index is 0.00309. The van der Waals surface area contributed by atoms with Gasteiger partial charge in [-0.05, 0) is 35.4 Å². The Kier molecular flexibility index (Phi) is 6.96. The molecule has 0 spiro atoms. The zero-order chi connectivity index (χ0) is 23.3. The number of benzene rings is 2. The lowest BCUT2D eigenvalue weighted by molar-refractivity contribution is 0.0963. The van der Waals surface area contributed by atoms with Crippen molar-refractivity contribution < 1.29 is 22.7 Å². The Balaban J connectivity index is 1.69.